The zero-order valence-corrected chi connectivity index (χ0v) is 14.4. The van der Waals surface area contributed by atoms with Crippen LogP contribution in [-0.2, 0) is 0 Å². The Bertz CT molecular complexity index is 1020. The molecule has 0 unspecified atom stereocenters. The first kappa shape index (κ1) is 18.9. The summed E-state index contributed by atoms with van der Waals surface area (Å²) in [6, 6.07) is 15.8. The second kappa shape index (κ2) is 7.78. The van der Waals surface area contributed by atoms with Gasteiger partial charge in [0.05, 0.1) is 5.57 Å². The first-order valence-electron chi connectivity index (χ1n) is 8.10. The molecule has 0 heterocycles. The van der Waals surface area contributed by atoms with Crippen molar-refractivity contribution < 1.29 is 25.2 Å². The van der Waals surface area contributed by atoms with E-state index in [0.29, 0.717) is 0 Å². The van der Waals surface area contributed by atoms with E-state index in [4.69, 9.17) is 0 Å². The van der Waals surface area contributed by atoms with E-state index in [1.807, 2.05) is 0 Å². The zero-order chi connectivity index (χ0) is 20.3. The van der Waals surface area contributed by atoms with Crippen LogP contribution in [0.15, 0.2) is 89.7 Å². The maximum Gasteiger partial charge on any atom is 0.236 e. The number of benzene rings is 2. The van der Waals surface area contributed by atoms with Gasteiger partial charge in [-0.3, -0.25) is 15.2 Å². The lowest BCUT2D eigenvalue weighted by Gasteiger charge is -2.26. The number of Topliss-reactive ketones (excluding diaryl/α,β-unsaturated/α-hetero) is 1. The minimum atomic E-state index is -0.819. The van der Waals surface area contributed by atoms with E-state index in [0.717, 1.165) is 12.2 Å². The van der Waals surface area contributed by atoms with Crippen LogP contribution in [0.4, 0.5) is 0 Å². The monoisotopic (exact) mass is 378 g/mol. The fourth-order valence-corrected chi connectivity index (χ4v) is 2.75. The second-order valence-corrected chi connectivity index (χ2v) is 5.82. The van der Waals surface area contributed by atoms with Gasteiger partial charge in [0.25, 0.3) is 0 Å². The Labute approximate surface area is 159 Å². The van der Waals surface area contributed by atoms with Crippen LogP contribution in [0, 0.1) is 10.4 Å². The molecule has 0 amide bonds. The number of nitrogens with zero attached hydrogens (tertiary/aromatic N) is 2. The molecule has 2 aromatic rings. The molecule has 0 saturated heterocycles. The molecule has 142 valence electrons. The third-order valence-electron chi connectivity index (χ3n) is 4.09. The molecule has 0 aromatic heterocycles. The Morgan fingerprint density at radius 1 is 0.857 bits per heavy atom. The first-order valence-corrected chi connectivity index (χ1v) is 8.10. The molecule has 0 bridgehead atoms. The van der Waals surface area contributed by atoms with Crippen molar-refractivity contribution in [2.45, 2.75) is 0 Å². The van der Waals surface area contributed by atoms with Crippen molar-refractivity contribution in [3.8, 4) is 0 Å². The van der Waals surface area contributed by atoms with Crippen molar-refractivity contribution in [1.82, 2.24) is 5.23 Å². The van der Waals surface area contributed by atoms with Gasteiger partial charge in [0.2, 0.25) is 5.71 Å². The predicted octanol–water partition coefficient (Wildman–Crippen LogP) is 1.99. The first-order chi connectivity index (χ1) is 13.4. The molecule has 8 nitrogen and oxygen atoms in total. The maximum atomic E-state index is 12.8. The predicted molar refractivity (Wildman–Crippen MR) is 97.7 cm³/mol. The van der Waals surface area contributed by atoms with Crippen LogP contribution in [-0.4, -0.2) is 32.0 Å². The second-order valence-electron chi connectivity index (χ2n) is 5.82. The Hall–Kier alpha value is -3.88. The van der Waals surface area contributed by atoms with Gasteiger partial charge in [-0.1, -0.05) is 66.4 Å². The molecule has 0 atom stereocenters. The number of allylic oxidation sites excluding steroid dienone is 3. The van der Waals surface area contributed by atoms with Gasteiger partial charge >= 0.3 is 0 Å². The van der Waals surface area contributed by atoms with E-state index in [1.54, 1.807) is 36.4 Å². The molecule has 0 fully saturated rings. The van der Waals surface area contributed by atoms with E-state index in [9.17, 15) is 30.7 Å². The van der Waals surface area contributed by atoms with Crippen molar-refractivity contribution in [3.05, 3.63) is 111 Å². The van der Waals surface area contributed by atoms with E-state index in [2.05, 4.69) is 0 Å². The molecule has 0 radical (unpaired) electrons. The zero-order valence-electron chi connectivity index (χ0n) is 14.4. The van der Waals surface area contributed by atoms with Crippen LogP contribution >= 0.6 is 0 Å². The number of carbonyl (C=O) groups is 1. The molecule has 8 heteroatoms. The van der Waals surface area contributed by atoms with Crippen molar-refractivity contribution >= 4 is 17.3 Å². The van der Waals surface area contributed by atoms with E-state index in [-0.39, 0.29) is 27.5 Å². The summed E-state index contributed by atoms with van der Waals surface area (Å²) in [5.41, 5.74) is -1.34. The highest BCUT2D eigenvalue weighted by molar-refractivity contribution is 6.31. The summed E-state index contributed by atoms with van der Waals surface area (Å²) in [7, 11) is 0. The van der Waals surface area contributed by atoms with Crippen LogP contribution in [0.3, 0.4) is 0 Å². The van der Waals surface area contributed by atoms with Crippen LogP contribution in [0.1, 0.15) is 15.9 Å². The number of hydrogen-bond acceptors (Lipinski definition) is 7. The number of ketones is 1. The average Bonchev–Trinajstić information content (AvgIpc) is 2.72. The van der Waals surface area contributed by atoms with Crippen molar-refractivity contribution in [1.29, 1.82) is 0 Å². The summed E-state index contributed by atoms with van der Waals surface area (Å²) >= 11 is 0. The number of carbonyl (C=O) groups excluding carboxylic acids is 1. The van der Waals surface area contributed by atoms with Gasteiger partial charge in [-0.2, -0.15) is 4.90 Å². The third-order valence-corrected chi connectivity index (χ3v) is 4.09. The van der Waals surface area contributed by atoms with Crippen molar-refractivity contribution in [2.75, 3.05) is 0 Å². The Kier molecular flexibility index (Phi) is 5.25. The third kappa shape index (κ3) is 3.63. The van der Waals surface area contributed by atoms with Crippen LogP contribution in [0.5, 0.6) is 0 Å². The summed E-state index contributed by atoms with van der Waals surface area (Å²) in [5.74, 6) is -1.29. The summed E-state index contributed by atoms with van der Waals surface area (Å²) in [6.07, 6.45) is 1.80. The maximum absolute atomic E-state index is 12.8. The lowest BCUT2D eigenvalue weighted by atomic mass is 9.90. The number of rotatable bonds is 4. The molecule has 3 rings (SSSR count). The van der Waals surface area contributed by atoms with Gasteiger partial charge in [0.1, 0.15) is 5.70 Å². The molecular formula is C20H14N2O6-2. The molecular weight excluding hydrogens is 364 g/mol. The van der Waals surface area contributed by atoms with Crippen LogP contribution in [0.25, 0.3) is 5.76 Å². The lowest BCUT2D eigenvalue weighted by Crippen LogP contribution is -2.27. The van der Waals surface area contributed by atoms with E-state index in [1.165, 1.54) is 24.3 Å². The minimum absolute atomic E-state index is 0.196. The van der Waals surface area contributed by atoms with Crippen LogP contribution < -0.4 is 5.11 Å². The molecule has 28 heavy (non-hydrogen) atoms. The molecule has 0 spiro atoms. The minimum Gasteiger partial charge on any atom is -0.872 e. The average molecular weight is 378 g/mol. The largest absolute Gasteiger partial charge is 0.872 e. The Morgan fingerprint density at radius 3 is 1.89 bits per heavy atom. The number of hydroxylamine groups is 2. The van der Waals surface area contributed by atoms with Gasteiger partial charge in [0, 0.05) is 11.6 Å². The van der Waals surface area contributed by atoms with Crippen molar-refractivity contribution in [3.63, 3.8) is 0 Å². The summed E-state index contributed by atoms with van der Waals surface area (Å²) in [5, 5.41) is 54.4. The normalized spacial score (nSPS) is 15.4. The fourth-order valence-electron chi connectivity index (χ4n) is 2.75. The van der Waals surface area contributed by atoms with Gasteiger partial charge in [-0.25, -0.2) is 0 Å². The quantitative estimate of drug-likeness (QED) is 0.360. The lowest BCUT2D eigenvalue weighted by molar-refractivity contribution is -0.377. The molecule has 2 N–H and O–H groups in total. The van der Waals surface area contributed by atoms with Gasteiger partial charge < -0.3 is 15.5 Å². The fraction of sp³-hybridized carbons (Fsp3) is 0. The highest BCUT2D eigenvalue weighted by Gasteiger charge is 2.29. The van der Waals surface area contributed by atoms with Gasteiger partial charge in [0.15, 0.2) is 5.78 Å². The van der Waals surface area contributed by atoms with Gasteiger partial charge in [-0.15, -0.1) is 5.23 Å². The standard InChI is InChI=1S/C20H15N2O6/c23-19(13-7-3-1-4-8-13)15-11-16(20(24)14-9-5-2-6-10-14)18(22(27)28)12-17(15)21(25)26/h1-12,25-26H,(H-,23,24,27,28)/q-1/p-1. The molecule has 0 aliphatic heterocycles. The van der Waals surface area contributed by atoms with Crippen LogP contribution in [0.2, 0.25) is 0 Å². The molecule has 0 saturated carbocycles. The Balaban J connectivity index is 2.23. The Morgan fingerprint density at radius 2 is 1.39 bits per heavy atom. The van der Waals surface area contributed by atoms with Gasteiger partial charge in [-0.05, 0) is 17.2 Å². The smallest absolute Gasteiger partial charge is 0.236 e. The SMILES string of the molecule is O=C(C1=CC(=C([O-])c2ccccc2)C(N(O)O)=CC1=[N+]([O-])[O-])c1ccccc1. The van der Waals surface area contributed by atoms with Crippen molar-refractivity contribution in [2.24, 2.45) is 0 Å². The topological polar surface area (TPSA) is 133 Å². The van der Waals surface area contributed by atoms with E-state index >= 15 is 0 Å². The molecule has 2 aromatic carbocycles. The highest BCUT2D eigenvalue weighted by atomic mass is 16.8. The molecule has 1 aliphatic carbocycles. The summed E-state index contributed by atoms with van der Waals surface area (Å²) in [6.45, 7) is 0. The summed E-state index contributed by atoms with van der Waals surface area (Å²) in [4.78, 5) is 12.0. The van der Waals surface area contributed by atoms with E-state index < -0.39 is 27.9 Å². The number of hydrogen-bond donors (Lipinski definition) is 2. The summed E-state index contributed by atoms with van der Waals surface area (Å²) < 4.78 is 0. The molecule has 1 aliphatic rings. The highest BCUT2D eigenvalue weighted by Crippen LogP contribution is 2.29.